The Morgan fingerprint density at radius 1 is 1.03 bits per heavy atom. The van der Waals surface area contributed by atoms with Crippen LogP contribution in [0.25, 0.3) is 39.5 Å². The van der Waals surface area contributed by atoms with Crippen LogP contribution in [0, 0.1) is 6.92 Å². The quantitative estimate of drug-likeness (QED) is 0.460. The van der Waals surface area contributed by atoms with Crippen LogP contribution in [0.4, 0.5) is 0 Å². The Labute approximate surface area is 171 Å². The number of rotatable bonds is 3. The van der Waals surface area contributed by atoms with Crippen LogP contribution >= 0.6 is 11.6 Å². The highest BCUT2D eigenvalue weighted by atomic mass is 35.5. The number of halogens is 1. The van der Waals surface area contributed by atoms with E-state index in [1.54, 1.807) is 42.9 Å². The van der Waals surface area contributed by atoms with Gasteiger partial charge in [-0.25, -0.2) is 4.98 Å². The van der Waals surface area contributed by atoms with Crippen molar-refractivity contribution in [1.29, 1.82) is 0 Å². The van der Waals surface area contributed by atoms with Gasteiger partial charge in [-0.05, 0) is 42.8 Å². The first-order valence-electron chi connectivity index (χ1n) is 9.09. The summed E-state index contributed by atoms with van der Waals surface area (Å²) in [6, 6.07) is 15.1. The van der Waals surface area contributed by atoms with E-state index >= 15 is 0 Å². The van der Waals surface area contributed by atoms with Crippen molar-refractivity contribution in [1.82, 2.24) is 24.7 Å². The van der Waals surface area contributed by atoms with Crippen molar-refractivity contribution < 1.29 is 0 Å². The number of hydrogen-bond acceptors (Lipinski definition) is 3. The number of hydrogen-bond donors (Lipinski definition) is 2. The predicted molar refractivity (Wildman–Crippen MR) is 114 cm³/mol. The fraction of sp³-hybridized carbons (Fsp3) is 0.0455. The van der Waals surface area contributed by atoms with E-state index in [1.807, 2.05) is 31.2 Å². The zero-order chi connectivity index (χ0) is 20.0. The summed E-state index contributed by atoms with van der Waals surface area (Å²) in [6.45, 7) is 1.97. The van der Waals surface area contributed by atoms with Gasteiger partial charge in [0.05, 0.1) is 11.3 Å². The first-order valence-corrected chi connectivity index (χ1v) is 9.47. The van der Waals surface area contributed by atoms with Gasteiger partial charge in [0.15, 0.2) is 0 Å². The molecule has 0 aliphatic carbocycles. The topological polar surface area (TPSA) is 79.4 Å². The molecular weight excluding hydrogens is 386 g/mol. The van der Waals surface area contributed by atoms with Crippen LogP contribution in [0.1, 0.15) is 5.69 Å². The molecule has 7 heteroatoms. The molecule has 0 fully saturated rings. The van der Waals surface area contributed by atoms with E-state index in [1.165, 1.54) is 4.68 Å². The second kappa shape index (κ2) is 6.76. The number of nitrogens with zero attached hydrogens (tertiary/aromatic N) is 3. The summed E-state index contributed by atoms with van der Waals surface area (Å²) in [6.07, 6.45) is 5.23. The highest BCUT2D eigenvalue weighted by Crippen LogP contribution is 2.34. The number of aryl methyl sites for hydroxylation is 1. The molecule has 0 atom stereocenters. The average molecular weight is 402 g/mol. The maximum Gasteiger partial charge on any atom is 0.282 e. The number of pyridine rings is 1. The van der Waals surface area contributed by atoms with Crippen LogP contribution in [-0.2, 0) is 0 Å². The Hall–Kier alpha value is -3.64. The van der Waals surface area contributed by atoms with Crippen molar-refractivity contribution in [3.63, 3.8) is 0 Å². The van der Waals surface area contributed by atoms with Gasteiger partial charge in [-0.3, -0.25) is 4.79 Å². The molecule has 0 radical (unpaired) electrons. The Morgan fingerprint density at radius 2 is 1.83 bits per heavy atom. The van der Waals surface area contributed by atoms with Gasteiger partial charge in [-0.2, -0.15) is 9.78 Å². The van der Waals surface area contributed by atoms with Crippen LogP contribution in [0.5, 0.6) is 0 Å². The maximum absolute atomic E-state index is 13.0. The fourth-order valence-electron chi connectivity index (χ4n) is 3.52. The van der Waals surface area contributed by atoms with Gasteiger partial charge in [0, 0.05) is 40.4 Å². The van der Waals surface area contributed by atoms with Gasteiger partial charge >= 0.3 is 0 Å². The van der Waals surface area contributed by atoms with Gasteiger partial charge in [-0.15, -0.1) is 0 Å². The van der Waals surface area contributed by atoms with Crippen LogP contribution in [0.3, 0.4) is 0 Å². The summed E-state index contributed by atoms with van der Waals surface area (Å²) in [7, 11) is 0. The smallest absolute Gasteiger partial charge is 0.282 e. The summed E-state index contributed by atoms with van der Waals surface area (Å²) in [5.74, 6) is 0.789. The third-order valence-corrected chi connectivity index (χ3v) is 5.17. The van der Waals surface area contributed by atoms with Crippen molar-refractivity contribution in [3.8, 4) is 39.5 Å². The molecule has 2 aromatic carbocycles. The first kappa shape index (κ1) is 17.5. The van der Waals surface area contributed by atoms with Gasteiger partial charge in [-0.1, -0.05) is 29.8 Å². The number of H-pyrrole nitrogens is 2. The zero-order valence-electron chi connectivity index (χ0n) is 15.5. The molecule has 0 spiro atoms. The molecule has 1 aromatic heterocycles. The van der Waals surface area contributed by atoms with Crippen molar-refractivity contribution in [3.05, 3.63) is 88.2 Å². The maximum atomic E-state index is 13.0. The molecule has 6 nitrogen and oxygen atoms in total. The van der Waals surface area contributed by atoms with Crippen molar-refractivity contribution in [2.45, 2.75) is 6.92 Å². The molecule has 0 saturated heterocycles. The molecule has 0 bridgehead atoms. The lowest BCUT2D eigenvalue weighted by molar-refractivity contribution is 0.858. The Morgan fingerprint density at radius 3 is 2.59 bits per heavy atom. The minimum Gasteiger partial charge on any atom is -0.364 e. The largest absolute Gasteiger partial charge is 0.364 e. The second-order valence-corrected chi connectivity index (χ2v) is 7.20. The SMILES string of the molecule is Cc1[nH]cc2c(=O)n(-c3ccc(Cl)cc3)nc-2c1-c1cccc(-c2ncc[nH]2)c1. The normalized spacial score (nSPS) is 11.2. The third kappa shape index (κ3) is 2.94. The summed E-state index contributed by atoms with van der Waals surface area (Å²) in [5.41, 5.74) is 5.41. The minimum atomic E-state index is -0.179. The van der Waals surface area contributed by atoms with E-state index in [4.69, 9.17) is 11.6 Å². The van der Waals surface area contributed by atoms with E-state index in [9.17, 15) is 4.79 Å². The summed E-state index contributed by atoms with van der Waals surface area (Å²) in [5, 5.41) is 5.27. The number of imidazole rings is 1. The molecule has 5 rings (SSSR count). The summed E-state index contributed by atoms with van der Waals surface area (Å²) >= 11 is 5.98. The van der Waals surface area contributed by atoms with Gasteiger partial charge in [0.25, 0.3) is 5.56 Å². The van der Waals surface area contributed by atoms with Crippen molar-refractivity contribution >= 4 is 11.6 Å². The Balaban J connectivity index is 1.72. The van der Waals surface area contributed by atoms with E-state index in [-0.39, 0.29) is 5.56 Å². The molecular formula is C22H16ClN5O. The number of aromatic amines is 2. The number of nitrogens with one attached hydrogen (secondary N) is 2. The van der Waals surface area contributed by atoms with Crippen molar-refractivity contribution in [2.24, 2.45) is 0 Å². The molecule has 2 aliphatic rings. The lowest BCUT2D eigenvalue weighted by Crippen LogP contribution is -2.14. The number of aromatic nitrogens is 5. The van der Waals surface area contributed by atoms with Crippen LogP contribution in [0.15, 0.2) is 71.9 Å². The highest BCUT2D eigenvalue weighted by Gasteiger charge is 2.22. The van der Waals surface area contributed by atoms with Crippen LogP contribution in [-0.4, -0.2) is 24.7 Å². The number of benzene rings is 2. The lowest BCUT2D eigenvalue weighted by Gasteiger charge is -2.11. The summed E-state index contributed by atoms with van der Waals surface area (Å²) in [4.78, 5) is 23.7. The zero-order valence-corrected chi connectivity index (χ0v) is 16.2. The van der Waals surface area contributed by atoms with Crippen LogP contribution < -0.4 is 5.56 Å². The first-order chi connectivity index (χ1) is 14.1. The molecule has 2 N–H and O–H groups in total. The van der Waals surface area contributed by atoms with E-state index in [0.717, 1.165) is 28.2 Å². The minimum absolute atomic E-state index is 0.179. The molecule has 3 aromatic rings. The standard InChI is InChI=1S/C22H16ClN5O/c1-13-19(14-3-2-4-15(11-14)21-24-9-10-25-21)20-18(12-26-13)22(29)28(27-20)17-7-5-16(23)6-8-17/h2-12,26H,1H3,(H,24,25). The van der Waals surface area contributed by atoms with E-state index in [0.29, 0.717) is 22.0 Å². The molecule has 0 unspecified atom stereocenters. The van der Waals surface area contributed by atoms with Gasteiger partial charge in [0.1, 0.15) is 11.5 Å². The van der Waals surface area contributed by atoms with E-state index in [2.05, 4.69) is 20.1 Å². The monoisotopic (exact) mass is 401 g/mol. The van der Waals surface area contributed by atoms with Crippen molar-refractivity contribution in [2.75, 3.05) is 0 Å². The Bertz CT molecular complexity index is 1330. The average Bonchev–Trinajstić information content (AvgIpc) is 3.37. The van der Waals surface area contributed by atoms with Gasteiger partial charge < -0.3 is 9.97 Å². The highest BCUT2D eigenvalue weighted by molar-refractivity contribution is 6.30. The molecule has 0 saturated carbocycles. The van der Waals surface area contributed by atoms with E-state index < -0.39 is 0 Å². The molecule has 29 heavy (non-hydrogen) atoms. The molecule has 142 valence electrons. The predicted octanol–water partition coefficient (Wildman–Crippen LogP) is 4.68. The molecule has 2 aliphatic heterocycles. The molecule has 0 amide bonds. The van der Waals surface area contributed by atoms with Crippen LogP contribution in [0.2, 0.25) is 5.02 Å². The molecule has 3 heterocycles. The third-order valence-electron chi connectivity index (χ3n) is 4.92. The fourth-order valence-corrected chi connectivity index (χ4v) is 3.64. The summed E-state index contributed by atoms with van der Waals surface area (Å²) < 4.78 is 1.41. The lowest BCUT2D eigenvalue weighted by atomic mass is 9.97. The Kier molecular flexibility index (Phi) is 4.07. The second-order valence-electron chi connectivity index (χ2n) is 6.76. The van der Waals surface area contributed by atoms with Gasteiger partial charge in [0.2, 0.25) is 0 Å². The number of fused-ring (bicyclic) bond motifs is 1.